The van der Waals surface area contributed by atoms with E-state index in [2.05, 4.69) is 17.2 Å². The topological polar surface area (TPSA) is 41.1 Å². The van der Waals surface area contributed by atoms with E-state index >= 15 is 0 Å². The molecule has 1 rings (SSSR count). The highest BCUT2D eigenvalue weighted by atomic mass is 35.5. The van der Waals surface area contributed by atoms with Gasteiger partial charge in [0.25, 0.3) is 0 Å². The summed E-state index contributed by atoms with van der Waals surface area (Å²) in [5.74, 6) is -1.56. The van der Waals surface area contributed by atoms with E-state index in [1.54, 1.807) is 0 Å². The van der Waals surface area contributed by atoms with Crippen LogP contribution in [0, 0.1) is 11.6 Å². The Morgan fingerprint density at radius 3 is 2.69 bits per heavy atom. The summed E-state index contributed by atoms with van der Waals surface area (Å²) >= 11 is 5.42. The summed E-state index contributed by atoms with van der Waals surface area (Å²) in [6, 6.07) is 2.20. The molecule has 0 aliphatic rings. The van der Waals surface area contributed by atoms with Gasteiger partial charge in [0, 0.05) is 11.1 Å². The lowest BCUT2D eigenvalue weighted by molar-refractivity contribution is 0.253. The number of hydrogen-bond acceptors (Lipinski definition) is 1. The van der Waals surface area contributed by atoms with Crippen molar-refractivity contribution in [2.75, 3.05) is 11.9 Å². The van der Waals surface area contributed by atoms with Crippen LogP contribution in [-0.2, 0) is 0 Å². The monoisotopic (exact) mass is 246 g/mol. The van der Waals surface area contributed by atoms with Crippen molar-refractivity contribution >= 4 is 23.3 Å². The minimum Gasteiger partial charge on any atom is -0.333 e. The van der Waals surface area contributed by atoms with Gasteiger partial charge in [-0.25, -0.2) is 13.6 Å². The van der Waals surface area contributed by atoms with E-state index in [1.165, 1.54) is 0 Å². The highest BCUT2D eigenvalue weighted by molar-refractivity contribution is 6.29. The Balaban J connectivity index is 2.59. The fraction of sp³-hybridized carbons (Fsp3) is 0.100. The van der Waals surface area contributed by atoms with Crippen molar-refractivity contribution in [1.29, 1.82) is 0 Å². The Kier molecular flexibility index (Phi) is 4.25. The van der Waals surface area contributed by atoms with Crippen LogP contribution in [0.15, 0.2) is 29.8 Å². The molecule has 0 heterocycles. The highest BCUT2D eigenvalue weighted by Crippen LogP contribution is 2.14. The SMILES string of the molecule is C=C(Cl)CNC(=O)Nc1ccc(F)cc1F. The smallest absolute Gasteiger partial charge is 0.319 e. The minimum atomic E-state index is -0.847. The molecular weight excluding hydrogens is 238 g/mol. The van der Waals surface area contributed by atoms with Crippen LogP contribution in [0.2, 0.25) is 0 Å². The van der Waals surface area contributed by atoms with Gasteiger partial charge in [-0.15, -0.1) is 0 Å². The molecule has 16 heavy (non-hydrogen) atoms. The zero-order chi connectivity index (χ0) is 12.1. The summed E-state index contributed by atoms with van der Waals surface area (Å²) in [5.41, 5.74) is -0.112. The lowest BCUT2D eigenvalue weighted by Crippen LogP contribution is -2.29. The molecule has 0 saturated carbocycles. The number of urea groups is 1. The van der Waals surface area contributed by atoms with Crippen LogP contribution in [0.3, 0.4) is 0 Å². The van der Waals surface area contributed by atoms with Crippen molar-refractivity contribution in [3.63, 3.8) is 0 Å². The first-order valence-corrected chi connectivity index (χ1v) is 4.70. The Labute approximate surface area is 96.1 Å². The Bertz CT molecular complexity index is 423. The normalized spacial score (nSPS) is 9.69. The largest absolute Gasteiger partial charge is 0.333 e. The molecule has 0 fully saturated rings. The zero-order valence-corrected chi connectivity index (χ0v) is 8.94. The Morgan fingerprint density at radius 1 is 1.44 bits per heavy atom. The van der Waals surface area contributed by atoms with Crippen molar-refractivity contribution in [2.45, 2.75) is 0 Å². The predicted octanol–water partition coefficient (Wildman–Crippen LogP) is 2.84. The fourth-order valence-electron chi connectivity index (χ4n) is 0.934. The molecule has 0 aromatic heterocycles. The van der Waals surface area contributed by atoms with Crippen LogP contribution < -0.4 is 10.6 Å². The van der Waals surface area contributed by atoms with E-state index in [1.807, 2.05) is 0 Å². The van der Waals surface area contributed by atoms with Gasteiger partial charge in [-0.05, 0) is 12.1 Å². The van der Waals surface area contributed by atoms with E-state index in [4.69, 9.17) is 11.6 Å². The number of anilines is 1. The van der Waals surface area contributed by atoms with Crippen LogP contribution >= 0.6 is 11.6 Å². The maximum Gasteiger partial charge on any atom is 0.319 e. The molecule has 0 saturated heterocycles. The maximum absolute atomic E-state index is 13.1. The molecule has 0 atom stereocenters. The van der Waals surface area contributed by atoms with Gasteiger partial charge >= 0.3 is 6.03 Å². The van der Waals surface area contributed by atoms with Crippen molar-refractivity contribution in [1.82, 2.24) is 5.32 Å². The summed E-state index contributed by atoms with van der Waals surface area (Å²) in [5, 5.41) is 4.78. The van der Waals surface area contributed by atoms with Crippen LogP contribution in [-0.4, -0.2) is 12.6 Å². The van der Waals surface area contributed by atoms with Gasteiger partial charge in [0.2, 0.25) is 0 Å². The molecular formula is C10H9ClF2N2O. The van der Waals surface area contributed by atoms with Gasteiger partial charge < -0.3 is 10.6 Å². The zero-order valence-electron chi connectivity index (χ0n) is 8.19. The van der Waals surface area contributed by atoms with Crippen LogP contribution in [0.25, 0.3) is 0 Å². The summed E-state index contributed by atoms with van der Waals surface area (Å²) < 4.78 is 25.6. The average Bonchev–Trinajstić information content (AvgIpc) is 2.19. The van der Waals surface area contributed by atoms with E-state index in [0.29, 0.717) is 6.07 Å². The summed E-state index contributed by atoms with van der Waals surface area (Å²) in [6.45, 7) is 3.43. The Hall–Kier alpha value is -1.62. The standard InChI is InChI=1S/C10H9ClF2N2O/c1-6(11)5-14-10(16)15-9-3-2-7(12)4-8(9)13/h2-4H,1,5H2,(H2,14,15,16). The van der Waals surface area contributed by atoms with Crippen molar-refractivity contribution in [2.24, 2.45) is 0 Å². The molecule has 3 nitrogen and oxygen atoms in total. The van der Waals surface area contributed by atoms with Crippen LogP contribution in [0.4, 0.5) is 19.3 Å². The summed E-state index contributed by atoms with van der Waals surface area (Å²) in [7, 11) is 0. The lowest BCUT2D eigenvalue weighted by Gasteiger charge is -2.07. The van der Waals surface area contributed by atoms with Crippen molar-refractivity contribution in [3.05, 3.63) is 41.4 Å². The first-order valence-electron chi connectivity index (χ1n) is 4.32. The average molecular weight is 247 g/mol. The van der Waals surface area contributed by atoms with Gasteiger partial charge in [-0.3, -0.25) is 0 Å². The highest BCUT2D eigenvalue weighted by Gasteiger charge is 2.07. The van der Waals surface area contributed by atoms with Crippen molar-refractivity contribution < 1.29 is 13.6 Å². The second-order valence-corrected chi connectivity index (χ2v) is 3.48. The molecule has 0 bridgehead atoms. The molecule has 0 radical (unpaired) electrons. The Morgan fingerprint density at radius 2 is 2.12 bits per heavy atom. The number of benzene rings is 1. The molecule has 0 aliphatic heterocycles. The number of halogens is 3. The minimum absolute atomic E-state index is 0.0657. The summed E-state index contributed by atoms with van der Waals surface area (Å²) in [6.07, 6.45) is 0. The van der Waals surface area contributed by atoms with Gasteiger partial charge in [0.15, 0.2) is 0 Å². The van der Waals surface area contributed by atoms with Crippen molar-refractivity contribution in [3.8, 4) is 0 Å². The first kappa shape index (κ1) is 12.4. The number of amides is 2. The maximum atomic E-state index is 13.1. The van der Waals surface area contributed by atoms with E-state index < -0.39 is 17.7 Å². The molecule has 1 aromatic carbocycles. The second kappa shape index (κ2) is 5.46. The molecule has 1 aromatic rings. The quantitative estimate of drug-likeness (QED) is 0.846. The second-order valence-electron chi connectivity index (χ2n) is 2.95. The third kappa shape index (κ3) is 3.86. The van der Waals surface area contributed by atoms with Gasteiger partial charge in [0.1, 0.15) is 11.6 Å². The molecule has 6 heteroatoms. The molecule has 2 N–H and O–H groups in total. The molecule has 86 valence electrons. The lowest BCUT2D eigenvalue weighted by atomic mass is 10.3. The molecule has 0 unspecified atom stereocenters. The molecule has 0 spiro atoms. The van der Waals surface area contributed by atoms with Crippen LogP contribution in [0.5, 0.6) is 0 Å². The number of hydrogen-bond donors (Lipinski definition) is 2. The molecule has 2 amide bonds. The van der Waals surface area contributed by atoms with Gasteiger partial charge in [0.05, 0.1) is 12.2 Å². The number of nitrogens with one attached hydrogen (secondary N) is 2. The fourth-order valence-corrected chi connectivity index (χ4v) is 1.00. The first-order chi connectivity index (χ1) is 7.49. The van der Waals surface area contributed by atoms with E-state index in [-0.39, 0.29) is 17.3 Å². The third-order valence-corrected chi connectivity index (χ3v) is 1.75. The summed E-state index contributed by atoms with van der Waals surface area (Å²) in [4.78, 5) is 11.2. The van der Waals surface area contributed by atoms with Crippen LogP contribution in [0.1, 0.15) is 0 Å². The molecule has 0 aliphatic carbocycles. The van der Waals surface area contributed by atoms with Gasteiger partial charge in [-0.1, -0.05) is 18.2 Å². The van der Waals surface area contributed by atoms with E-state index in [0.717, 1.165) is 12.1 Å². The number of carbonyl (C=O) groups excluding carboxylic acids is 1. The van der Waals surface area contributed by atoms with E-state index in [9.17, 15) is 13.6 Å². The van der Waals surface area contributed by atoms with Gasteiger partial charge in [-0.2, -0.15) is 0 Å². The predicted molar refractivity (Wildman–Crippen MR) is 58.4 cm³/mol. The number of carbonyl (C=O) groups is 1. The third-order valence-electron chi connectivity index (χ3n) is 1.62. The number of rotatable bonds is 3.